The van der Waals surface area contributed by atoms with Crippen molar-refractivity contribution >= 4 is 32.5 Å². The van der Waals surface area contributed by atoms with Crippen molar-refractivity contribution in [2.75, 3.05) is 4.83 Å². The fourth-order valence-corrected chi connectivity index (χ4v) is 3.55. The maximum Gasteiger partial charge on any atom is 0.348 e. The molecule has 2 N–H and O–H groups in total. The lowest BCUT2D eigenvalue weighted by atomic mass is 10.2. The zero-order valence-electron chi connectivity index (χ0n) is 12.2. The van der Waals surface area contributed by atoms with Crippen molar-refractivity contribution < 1.29 is 8.42 Å². The van der Waals surface area contributed by atoms with Gasteiger partial charge in [0.2, 0.25) is 0 Å². The van der Waals surface area contributed by atoms with E-state index in [1.54, 1.807) is 30.3 Å². The van der Waals surface area contributed by atoms with Crippen molar-refractivity contribution in [3.05, 3.63) is 80.0 Å². The third-order valence-electron chi connectivity index (χ3n) is 3.29. The van der Waals surface area contributed by atoms with Gasteiger partial charge in [0, 0.05) is 5.02 Å². The largest absolute Gasteiger partial charge is 0.348 e. The Kier molecular flexibility index (Phi) is 4.16. The van der Waals surface area contributed by atoms with Crippen molar-refractivity contribution in [1.82, 2.24) is 9.66 Å². The lowest BCUT2D eigenvalue weighted by Gasteiger charge is -2.10. The molecule has 0 fully saturated rings. The first-order valence-corrected chi connectivity index (χ1v) is 8.88. The van der Waals surface area contributed by atoms with Crippen LogP contribution in [0.25, 0.3) is 10.9 Å². The smallest absolute Gasteiger partial charge is 0.305 e. The number of hydrogen-bond donors (Lipinski definition) is 2. The van der Waals surface area contributed by atoms with Crippen molar-refractivity contribution in [3.8, 4) is 0 Å². The minimum Gasteiger partial charge on any atom is -0.305 e. The predicted octanol–water partition coefficient (Wildman–Crippen LogP) is 1.42. The van der Waals surface area contributed by atoms with E-state index in [4.69, 9.17) is 11.6 Å². The highest BCUT2D eigenvalue weighted by Gasteiger charge is 2.16. The first-order valence-electron chi connectivity index (χ1n) is 6.85. The van der Waals surface area contributed by atoms with Crippen LogP contribution in [0.2, 0.25) is 5.02 Å². The molecule has 0 saturated heterocycles. The van der Waals surface area contributed by atoms with Gasteiger partial charge in [-0.25, -0.2) is 18.0 Å². The van der Waals surface area contributed by atoms with Crippen LogP contribution in [0.4, 0.5) is 0 Å². The number of benzene rings is 2. The highest BCUT2D eigenvalue weighted by molar-refractivity contribution is 7.91. The lowest BCUT2D eigenvalue weighted by Crippen LogP contribution is -2.43. The van der Waals surface area contributed by atoms with Gasteiger partial charge in [-0.1, -0.05) is 41.9 Å². The molecule has 7 nitrogen and oxygen atoms in total. The van der Waals surface area contributed by atoms with E-state index < -0.39 is 21.3 Å². The van der Waals surface area contributed by atoms with Crippen LogP contribution in [0.5, 0.6) is 0 Å². The summed E-state index contributed by atoms with van der Waals surface area (Å²) in [6.45, 7) is 0. The molecule has 0 atom stereocenters. The molecule has 0 spiro atoms. The van der Waals surface area contributed by atoms with Crippen LogP contribution in [0, 0.1) is 0 Å². The number of H-pyrrole nitrogens is 1. The fraction of sp³-hybridized carbons (Fsp3) is 0.0667. The summed E-state index contributed by atoms with van der Waals surface area (Å²) in [5.74, 6) is -0.363. The van der Waals surface area contributed by atoms with Crippen LogP contribution in [0.3, 0.4) is 0 Å². The summed E-state index contributed by atoms with van der Waals surface area (Å²) in [7, 11) is -3.94. The van der Waals surface area contributed by atoms with E-state index in [1.807, 2.05) is 4.83 Å². The highest BCUT2D eigenvalue weighted by atomic mass is 35.5. The van der Waals surface area contributed by atoms with E-state index in [9.17, 15) is 18.0 Å². The average molecular weight is 366 g/mol. The van der Waals surface area contributed by atoms with Crippen LogP contribution in [0.15, 0.2) is 58.1 Å². The number of sulfonamides is 1. The van der Waals surface area contributed by atoms with E-state index >= 15 is 0 Å². The Hall–Kier alpha value is -2.58. The van der Waals surface area contributed by atoms with Gasteiger partial charge in [0.05, 0.1) is 16.7 Å². The van der Waals surface area contributed by atoms with Gasteiger partial charge in [0.1, 0.15) is 0 Å². The van der Waals surface area contributed by atoms with E-state index in [1.165, 1.54) is 18.2 Å². The molecule has 24 heavy (non-hydrogen) atoms. The molecule has 2 aromatic carbocycles. The van der Waals surface area contributed by atoms with Crippen LogP contribution in [-0.2, 0) is 15.8 Å². The van der Waals surface area contributed by atoms with E-state index in [0.29, 0.717) is 15.3 Å². The van der Waals surface area contributed by atoms with Crippen LogP contribution in [-0.4, -0.2) is 18.1 Å². The first-order chi connectivity index (χ1) is 11.4. The minimum absolute atomic E-state index is 0.140. The number of hydrogen-bond acceptors (Lipinski definition) is 4. The van der Waals surface area contributed by atoms with Crippen molar-refractivity contribution in [3.63, 3.8) is 0 Å². The number of nitrogens with zero attached hydrogens (tertiary/aromatic N) is 1. The Balaban J connectivity index is 2.02. The fourth-order valence-electron chi connectivity index (χ4n) is 2.24. The average Bonchev–Trinajstić information content (AvgIpc) is 2.51. The summed E-state index contributed by atoms with van der Waals surface area (Å²) in [4.78, 5) is 28.8. The molecule has 0 bridgehead atoms. The van der Waals surface area contributed by atoms with Gasteiger partial charge >= 0.3 is 5.69 Å². The molecule has 0 saturated carbocycles. The second kappa shape index (κ2) is 6.14. The maximum atomic E-state index is 12.4. The third-order valence-corrected chi connectivity index (χ3v) is 4.70. The van der Waals surface area contributed by atoms with Crippen molar-refractivity contribution in [2.45, 2.75) is 5.75 Å². The van der Waals surface area contributed by atoms with Gasteiger partial charge in [-0.3, -0.25) is 4.79 Å². The Bertz CT molecular complexity index is 1120. The third kappa shape index (κ3) is 3.34. The number of aromatic amines is 1. The van der Waals surface area contributed by atoms with Crippen molar-refractivity contribution in [2.24, 2.45) is 0 Å². The highest BCUT2D eigenvalue weighted by Crippen LogP contribution is 2.13. The minimum atomic E-state index is -3.94. The number of aromatic nitrogens is 2. The van der Waals surface area contributed by atoms with Crippen LogP contribution >= 0.6 is 11.6 Å². The number of rotatable bonds is 4. The summed E-state index contributed by atoms with van der Waals surface area (Å²) in [5.41, 5.74) is -0.911. The molecule has 0 aliphatic carbocycles. The Labute approximate surface area is 141 Å². The SMILES string of the molecule is O=c1[nH]c2cc(Cl)ccc2c(=O)n1NS(=O)(=O)Cc1ccccc1. The van der Waals surface area contributed by atoms with E-state index in [2.05, 4.69) is 4.98 Å². The standard InChI is InChI=1S/C15H12ClN3O4S/c16-11-6-7-12-13(8-11)17-15(21)19(14(12)20)18-24(22,23)9-10-4-2-1-3-5-10/h1-8,18H,9H2,(H,17,21). The van der Waals surface area contributed by atoms with Gasteiger partial charge in [0.15, 0.2) is 0 Å². The molecule has 3 aromatic rings. The topological polar surface area (TPSA) is 101 Å². The molecular formula is C15H12ClN3O4S. The van der Waals surface area contributed by atoms with E-state index in [-0.39, 0.29) is 16.7 Å². The van der Waals surface area contributed by atoms with Crippen molar-refractivity contribution in [1.29, 1.82) is 0 Å². The number of halogens is 1. The Morgan fingerprint density at radius 2 is 1.79 bits per heavy atom. The Morgan fingerprint density at radius 3 is 2.50 bits per heavy atom. The van der Waals surface area contributed by atoms with Crippen LogP contribution in [0.1, 0.15) is 5.56 Å². The molecule has 0 aliphatic heterocycles. The number of fused-ring (bicyclic) bond motifs is 1. The predicted molar refractivity (Wildman–Crippen MR) is 92.3 cm³/mol. The van der Waals surface area contributed by atoms with Gasteiger partial charge in [-0.2, -0.15) is 4.68 Å². The molecular weight excluding hydrogens is 354 g/mol. The zero-order chi connectivity index (χ0) is 17.3. The zero-order valence-corrected chi connectivity index (χ0v) is 13.8. The molecule has 124 valence electrons. The van der Waals surface area contributed by atoms with Crippen LogP contribution < -0.4 is 16.1 Å². The molecule has 0 amide bonds. The summed E-state index contributed by atoms with van der Waals surface area (Å²) in [6.07, 6.45) is 0. The van der Waals surface area contributed by atoms with Gasteiger partial charge in [-0.05, 0) is 23.8 Å². The summed E-state index contributed by atoms with van der Waals surface area (Å²) < 4.78 is 24.9. The number of nitrogens with one attached hydrogen (secondary N) is 2. The maximum absolute atomic E-state index is 12.4. The quantitative estimate of drug-likeness (QED) is 0.730. The van der Waals surface area contributed by atoms with Gasteiger partial charge in [-0.15, -0.1) is 0 Å². The van der Waals surface area contributed by atoms with Gasteiger partial charge < -0.3 is 4.98 Å². The lowest BCUT2D eigenvalue weighted by molar-refractivity contribution is 0.592. The normalized spacial score (nSPS) is 11.5. The Morgan fingerprint density at radius 1 is 1.08 bits per heavy atom. The summed E-state index contributed by atoms with van der Waals surface area (Å²) >= 11 is 5.82. The summed E-state index contributed by atoms with van der Waals surface area (Å²) in [6, 6.07) is 12.7. The molecule has 9 heteroatoms. The second-order valence-electron chi connectivity index (χ2n) is 5.10. The molecule has 1 heterocycles. The molecule has 0 unspecified atom stereocenters. The molecule has 1 aromatic heterocycles. The molecule has 3 rings (SSSR count). The molecule has 0 radical (unpaired) electrons. The molecule has 0 aliphatic rings. The van der Waals surface area contributed by atoms with E-state index in [0.717, 1.165) is 0 Å². The second-order valence-corrected chi connectivity index (χ2v) is 7.23. The first kappa shape index (κ1) is 16.3. The summed E-state index contributed by atoms with van der Waals surface area (Å²) in [5, 5.41) is 0.487. The monoisotopic (exact) mass is 365 g/mol. The van der Waals surface area contributed by atoms with Gasteiger partial charge in [0.25, 0.3) is 15.6 Å².